The van der Waals surface area contributed by atoms with Crippen LogP contribution in [0.3, 0.4) is 0 Å². The van der Waals surface area contributed by atoms with Crippen molar-refractivity contribution in [3.05, 3.63) is 60.2 Å². The molecule has 0 saturated carbocycles. The van der Waals surface area contributed by atoms with Gasteiger partial charge >= 0.3 is 0 Å². The molecule has 0 saturated heterocycles. The highest BCUT2D eigenvalue weighted by Gasteiger charge is 2.11. The molecule has 2 aromatic carbocycles. The third-order valence-corrected chi connectivity index (χ3v) is 4.98. The Morgan fingerprint density at radius 2 is 1.58 bits per heavy atom. The first-order valence-electron chi connectivity index (χ1n) is 5.44. The van der Waals surface area contributed by atoms with Crippen molar-refractivity contribution in [2.45, 2.75) is 14.4 Å². The molecule has 0 radical (unpaired) electrons. The predicted molar refractivity (Wildman–Crippen MR) is 80.3 cm³/mol. The van der Waals surface area contributed by atoms with Gasteiger partial charge in [-0.3, -0.25) is 4.55 Å². The normalized spacial score (nSPS) is 13.2. The molecule has 1 unspecified atom stereocenters. The van der Waals surface area contributed by atoms with Gasteiger partial charge in [0.2, 0.25) is 0 Å². The van der Waals surface area contributed by atoms with Crippen molar-refractivity contribution >= 4 is 34.5 Å². The van der Waals surface area contributed by atoms with Crippen molar-refractivity contribution in [2.24, 2.45) is 0 Å². The van der Waals surface area contributed by atoms with Gasteiger partial charge in [-0.2, -0.15) is 21.0 Å². The molecule has 1 N–H and O–H groups in total. The maximum atomic E-state index is 10.9. The number of rotatable bonds is 4. The largest absolute Gasteiger partial charge is 0.294 e. The molecule has 6 heteroatoms. The Morgan fingerprint density at radius 3 is 2.11 bits per heavy atom. The van der Waals surface area contributed by atoms with E-state index in [1.807, 2.05) is 30.3 Å². The first-order chi connectivity index (χ1) is 8.97. The topological polar surface area (TPSA) is 54.4 Å². The minimum absolute atomic E-state index is 0.0298. The van der Waals surface area contributed by atoms with E-state index in [1.54, 1.807) is 12.1 Å². The SMILES string of the molecule is O=S(=O)(O)c1ccc(SC(S)c2ccccc2)cc1. The summed E-state index contributed by atoms with van der Waals surface area (Å²) in [6.07, 6.45) is 0. The van der Waals surface area contributed by atoms with Crippen molar-refractivity contribution in [1.29, 1.82) is 0 Å². The van der Waals surface area contributed by atoms with Gasteiger partial charge in [0, 0.05) is 4.90 Å². The maximum Gasteiger partial charge on any atom is 0.294 e. The molecule has 0 fully saturated rings. The molecule has 0 aliphatic carbocycles. The lowest BCUT2D eigenvalue weighted by Gasteiger charge is -2.10. The average molecular weight is 312 g/mol. The highest BCUT2D eigenvalue weighted by Crippen LogP contribution is 2.38. The molecule has 0 amide bonds. The molecule has 0 aromatic heterocycles. The van der Waals surface area contributed by atoms with Crippen molar-refractivity contribution in [1.82, 2.24) is 0 Å². The average Bonchev–Trinajstić information content (AvgIpc) is 2.39. The van der Waals surface area contributed by atoms with Crippen LogP contribution >= 0.6 is 24.4 Å². The molecule has 2 aromatic rings. The quantitative estimate of drug-likeness (QED) is 0.391. The van der Waals surface area contributed by atoms with E-state index in [0.29, 0.717) is 0 Å². The van der Waals surface area contributed by atoms with Crippen molar-refractivity contribution in [3.63, 3.8) is 0 Å². The van der Waals surface area contributed by atoms with Crippen LogP contribution in [0.4, 0.5) is 0 Å². The number of thioether (sulfide) groups is 1. The number of hydrogen-bond acceptors (Lipinski definition) is 4. The van der Waals surface area contributed by atoms with Crippen molar-refractivity contribution in [2.75, 3.05) is 0 Å². The Bertz CT molecular complexity index is 637. The number of benzene rings is 2. The summed E-state index contributed by atoms with van der Waals surface area (Å²) < 4.78 is 30.7. The molecule has 0 spiro atoms. The van der Waals surface area contributed by atoms with Crippen LogP contribution in [0.25, 0.3) is 0 Å². The van der Waals surface area contributed by atoms with E-state index in [9.17, 15) is 8.42 Å². The molecule has 100 valence electrons. The molecule has 2 rings (SSSR count). The molecule has 0 heterocycles. The second-order valence-electron chi connectivity index (χ2n) is 3.83. The first-order valence-corrected chi connectivity index (χ1v) is 8.27. The molecule has 0 aliphatic rings. The molecular formula is C13H12O3S3. The zero-order chi connectivity index (χ0) is 13.9. The molecule has 0 aliphatic heterocycles. The Labute approximate surface area is 122 Å². The number of hydrogen-bond donors (Lipinski definition) is 2. The summed E-state index contributed by atoms with van der Waals surface area (Å²) in [4.78, 5) is 0.781. The zero-order valence-corrected chi connectivity index (χ0v) is 12.3. The van der Waals surface area contributed by atoms with Crippen LogP contribution in [-0.4, -0.2) is 13.0 Å². The van der Waals surface area contributed by atoms with E-state index in [1.165, 1.54) is 23.9 Å². The monoisotopic (exact) mass is 312 g/mol. The third kappa shape index (κ3) is 4.01. The predicted octanol–water partition coefficient (Wildman–Crippen LogP) is 3.65. The van der Waals surface area contributed by atoms with E-state index in [2.05, 4.69) is 12.6 Å². The molecule has 3 nitrogen and oxygen atoms in total. The summed E-state index contributed by atoms with van der Waals surface area (Å²) in [5.41, 5.74) is 1.08. The standard InChI is InChI=1S/C13H12O3S3/c14-19(15,16)12-8-6-11(7-9-12)18-13(17)10-4-2-1-3-5-10/h1-9,13,17H,(H,14,15,16). The second kappa shape index (κ2) is 6.00. The van der Waals surface area contributed by atoms with Gasteiger partial charge in [-0.15, -0.1) is 11.8 Å². The van der Waals surface area contributed by atoms with Crippen LogP contribution in [0.15, 0.2) is 64.4 Å². The highest BCUT2D eigenvalue weighted by molar-refractivity contribution is 8.09. The van der Waals surface area contributed by atoms with Crippen LogP contribution < -0.4 is 0 Å². The minimum atomic E-state index is -4.13. The van der Waals surface area contributed by atoms with E-state index < -0.39 is 10.1 Å². The van der Waals surface area contributed by atoms with Gasteiger partial charge < -0.3 is 0 Å². The fourth-order valence-electron chi connectivity index (χ4n) is 1.50. The summed E-state index contributed by atoms with van der Waals surface area (Å²) in [5, 5.41) is 0. The number of thiol groups is 1. The third-order valence-electron chi connectivity index (χ3n) is 2.45. The smallest absolute Gasteiger partial charge is 0.282 e. The van der Waals surface area contributed by atoms with Gasteiger partial charge in [0.15, 0.2) is 0 Å². The zero-order valence-electron chi connectivity index (χ0n) is 9.80. The van der Waals surface area contributed by atoms with E-state index in [4.69, 9.17) is 4.55 Å². The maximum absolute atomic E-state index is 10.9. The van der Waals surface area contributed by atoms with Gasteiger partial charge in [-0.25, -0.2) is 0 Å². The van der Waals surface area contributed by atoms with Gasteiger partial charge in [0.25, 0.3) is 10.1 Å². The fraction of sp³-hybridized carbons (Fsp3) is 0.0769. The summed E-state index contributed by atoms with van der Waals surface area (Å²) in [7, 11) is -4.13. The molecule has 1 atom stereocenters. The summed E-state index contributed by atoms with van der Waals surface area (Å²) in [6, 6.07) is 15.9. The Kier molecular flexibility index (Phi) is 4.57. The van der Waals surface area contributed by atoms with Crippen LogP contribution in [0.1, 0.15) is 10.1 Å². The fourth-order valence-corrected chi connectivity index (χ4v) is 3.37. The molecule has 19 heavy (non-hydrogen) atoms. The van der Waals surface area contributed by atoms with E-state index >= 15 is 0 Å². The molecule has 0 bridgehead atoms. The van der Waals surface area contributed by atoms with Gasteiger partial charge in [-0.05, 0) is 29.8 Å². The summed E-state index contributed by atoms with van der Waals surface area (Å²) in [5.74, 6) is 0. The van der Waals surface area contributed by atoms with Crippen LogP contribution in [0, 0.1) is 0 Å². The second-order valence-corrected chi connectivity index (χ2v) is 7.29. The van der Waals surface area contributed by atoms with Crippen molar-refractivity contribution in [3.8, 4) is 0 Å². The Hall–Kier alpha value is -0.950. The van der Waals surface area contributed by atoms with Gasteiger partial charge in [-0.1, -0.05) is 30.3 Å². The first kappa shape index (κ1) is 14.5. The highest BCUT2D eigenvalue weighted by atomic mass is 32.2. The Morgan fingerprint density at radius 1 is 1.00 bits per heavy atom. The summed E-state index contributed by atoms with van der Waals surface area (Å²) in [6.45, 7) is 0. The lowest BCUT2D eigenvalue weighted by Crippen LogP contribution is -1.97. The lowest BCUT2D eigenvalue weighted by molar-refractivity contribution is 0.483. The van der Waals surface area contributed by atoms with Crippen LogP contribution in [0.2, 0.25) is 0 Å². The van der Waals surface area contributed by atoms with Gasteiger partial charge in [0.05, 0.1) is 9.48 Å². The van der Waals surface area contributed by atoms with E-state index in [0.717, 1.165) is 10.5 Å². The Balaban J connectivity index is 2.12. The summed E-state index contributed by atoms with van der Waals surface area (Å²) >= 11 is 6.01. The van der Waals surface area contributed by atoms with Gasteiger partial charge in [0.1, 0.15) is 0 Å². The minimum Gasteiger partial charge on any atom is -0.282 e. The van der Waals surface area contributed by atoms with Crippen LogP contribution in [0.5, 0.6) is 0 Å². The molecular weight excluding hydrogens is 300 g/mol. The lowest BCUT2D eigenvalue weighted by atomic mass is 10.2. The van der Waals surface area contributed by atoms with Crippen molar-refractivity contribution < 1.29 is 13.0 Å². The van der Waals surface area contributed by atoms with Crippen LogP contribution in [-0.2, 0) is 10.1 Å². The van der Waals surface area contributed by atoms with E-state index in [-0.39, 0.29) is 9.48 Å².